The molecule has 1 aliphatic rings. The number of rotatable bonds is 4. The second-order valence-corrected chi connectivity index (χ2v) is 9.94. The van der Waals surface area contributed by atoms with Gasteiger partial charge in [-0.3, -0.25) is 9.11 Å². The number of carbonyl (C=O) groups is 1. The zero-order valence-electron chi connectivity index (χ0n) is 18.7. The Hall–Kier alpha value is -3.29. The van der Waals surface area contributed by atoms with Crippen LogP contribution in [0.4, 0.5) is 4.79 Å². The standard InChI is InChI=1S/C26H23ClN2O4S/c1-32-18-7-3-16(4-8-18)25-24-21(22-15-20(34(2)31)11-12-23(22)28-24)13-14-29(25)26(30)33-19-9-5-17(27)6-10-19/h3-12,15,25,28H,13-14H2,1-2H3. The number of aromatic amines is 1. The first kappa shape index (κ1) is 22.5. The van der Waals surface area contributed by atoms with Crippen molar-refractivity contribution in [2.75, 3.05) is 19.9 Å². The molecule has 1 amide bonds. The SMILES string of the molecule is COc1ccc(C2c3[nH]c4ccc(S(C)=O)cc4c3CCN2C(=O)Oc2ccc(Cl)cc2)cc1. The van der Waals surface area contributed by atoms with Crippen LogP contribution in [0.15, 0.2) is 71.6 Å². The fraction of sp³-hybridized carbons (Fsp3) is 0.192. The van der Waals surface area contributed by atoms with Crippen molar-refractivity contribution in [1.82, 2.24) is 9.88 Å². The number of H-pyrrole nitrogens is 1. The lowest BCUT2D eigenvalue weighted by Gasteiger charge is -2.35. The number of nitrogens with zero attached hydrogens (tertiary/aromatic N) is 1. The van der Waals surface area contributed by atoms with E-state index in [1.54, 1.807) is 42.5 Å². The molecule has 4 aromatic rings. The Kier molecular flexibility index (Phi) is 6.06. The second-order valence-electron chi connectivity index (χ2n) is 8.12. The first-order valence-corrected chi connectivity index (χ1v) is 12.7. The summed E-state index contributed by atoms with van der Waals surface area (Å²) < 4.78 is 23.1. The number of halogens is 1. The van der Waals surface area contributed by atoms with Crippen LogP contribution in [0.5, 0.6) is 11.5 Å². The number of carbonyl (C=O) groups excluding carboxylic acids is 1. The van der Waals surface area contributed by atoms with Crippen LogP contribution < -0.4 is 9.47 Å². The molecular weight excluding hydrogens is 472 g/mol. The molecule has 6 nitrogen and oxygen atoms in total. The van der Waals surface area contributed by atoms with Gasteiger partial charge in [-0.15, -0.1) is 0 Å². The minimum Gasteiger partial charge on any atom is -0.497 e. The summed E-state index contributed by atoms with van der Waals surface area (Å²) in [5, 5.41) is 1.61. The van der Waals surface area contributed by atoms with Gasteiger partial charge in [0.15, 0.2) is 0 Å². The molecule has 0 bridgehead atoms. The van der Waals surface area contributed by atoms with Gasteiger partial charge in [0.2, 0.25) is 0 Å². The Bertz CT molecular complexity index is 1380. The van der Waals surface area contributed by atoms with Crippen LogP contribution in [-0.4, -0.2) is 40.1 Å². The van der Waals surface area contributed by atoms with Crippen molar-refractivity contribution in [3.8, 4) is 11.5 Å². The van der Waals surface area contributed by atoms with Crippen LogP contribution in [0.1, 0.15) is 22.9 Å². The van der Waals surface area contributed by atoms with Crippen molar-refractivity contribution in [1.29, 1.82) is 0 Å². The number of aromatic nitrogens is 1. The van der Waals surface area contributed by atoms with Crippen molar-refractivity contribution >= 4 is 39.4 Å². The number of fused-ring (bicyclic) bond motifs is 3. The van der Waals surface area contributed by atoms with Crippen molar-refractivity contribution in [3.05, 3.63) is 88.6 Å². The number of ether oxygens (including phenoxy) is 2. The highest BCUT2D eigenvalue weighted by Crippen LogP contribution is 2.39. The van der Waals surface area contributed by atoms with E-state index in [4.69, 9.17) is 21.1 Å². The highest BCUT2D eigenvalue weighted by Gasteiger charge is 2.35. The van der Waals surface area contributed by atoms with E-state index in [9.17, 15) is 9.00 Å². The average molecular weight is 495 g/mol. The fourth-order valence-corrected chi connectivity index (χ4v) is 5.11. The van der Waals surface area contributed by atoms with Crippen LogP contribution in [0.25, 0.3) is 10.9 Å². The number of amides is 1. The van der Waals surface area contributed by atoms with Gasteiger partial charge in [-0.25, -0.2) is 4.79 Å². The summed E-state index contributed by atoms with van der Waals surface area (Å²) in [6, 6.07) is 19.8. The van der Waals surface area contributed by atoms with Crippen molar-refractivity contribution in [2.45, 2.75) is 17.4 Å². The third kappa shape index (κ3) is 4.17. The number of benzene rings is 3. The smallest absolute Gasteiger partial charge is 0.416 e. The molecule has 2 heterocycles. The highest BCUT2D eigenvalue weighted by atomic mass is 35.5. The Morgan fingerprint density at radius 3 is 2.44 bits per heavy atom. The molecule has 2 unspecified atom stereocenters. The summed E-state index contributed by atoms with van der Waals surface area (Å²) in [5.74, 6) is 1.17. The van der Waals surface area contributed by atoms with E-state index in [1.165, 1.54) is 0 Å². The van der Waals surface area contributed by atoms with Crippen molar-refractivity contribution in [3.63, 3.8) is 0 Å². The molecule has 1 N–H and O–H groups in total. The van der Waals surface area contributed by atoms with E-state index in [-0.39, 0.29) is 6.04 Å². The van der Waals surface area contributed by atoms with Gasteiger partial charge in [-0.1, -0.05) is 23.7 Å². The molecule has 2 atom stereocenters. The lowest BCUT2D eigenvalue weighted by molar-refractivity contribution is 0.135. The lowest BCUT2D eigenvalue weighted by atomic mass is 9.92. The Labute approximate surface area is 204 Å². The third-order valence-electron chi connectivity index (χ3n) is 6.12. The van der Waals surface area contributed by atoms with Gasteiger partial charge >= 0.3 is 6.09 Å². The van der Waals surface area contributed by atoms with Gasteiger partial charge in [0.1, 0.15) is 17.5 Å². The monoisotopic (exact) mass is 494 g/mol. The summed E-state index contributed by atoms with van der Waals surface area (Å²) in [4.78, 5) is 19.3. The zero-order chi connectivity index (χ0) is 23.8. The molecule has 1 aliphatic heterocycles. The van der Waals surface area contributed by atoms with E-state index < -0.39 is 16.9 Å². The molecule has 0 fully saturated rings. The summed E-state index contributed by atoms with van der Waals surface area (Å²) in [5.41, 5.74) is 3.93. The van der Waals surface area contributed by atoms with Gasteiger partial charge in [-0.05, 0) is 72.1 Å². The topological polar surface area (TPSA) is 71.6 Å². The molecule has 1 aromatic heterocycles. The summed E-state index contributed by atoms with van der Waals surface area (Å²) >= 11 is 5.97. The van der Waals surface area contributed by atoms with Gasteiger partial charge in [0, 0.05) is 50.1 Å². The Morgan fingerprint density at radius 1 is 1.06 bits per heavy atom. The third-order valence-corrected chi connectivity index (χ3v) is 7.28. The molecule has 8 heteroatoms. The Morgan fingerprint density at radius 2 is 1.76 bits per heavy atom. The first-order chi connectivity index (χ1) is 16.4. The lowest BCUT2D eigenvalue weighted by Crippen LogP contribution is -2.42. The molecule has 0 spiro atoms. The normalized spacial score (nSPS) is 16.2. The molecule has 3 aromatic carbocycles. The minimum atomic E-state index is -1.08. The maximum absolute atomic E-state index is 13.3. The van der Waals surface area contributed by atoms with E-state index in [0.29, 0.717) is 23.7 Å². The number of nitrogens with one attached hydrogen (secondary N) is 1. The zero-order valence-corrected chi connectivity index (χ0v) is 20.3. The largest absolute Gasteiger partial charge is 0.497 e. The molecule has 0 aliphatic carbocycles. The van der Waals surface area contributed by atoms with Crippen LogP contribution in [0.2, 0.25) is 5.02 Å². The van der Waals surface area contributed by atoms with Crippen molar-refractivity contribution < 1.29 is 18.5 Å². The maximum Gasteiger partial charge on any atom is 0.416 e. The van der Waals surface area contributed by atoms with Crippen molar-refractivity contribution in [2.24, 2.45) is 0 Å². The molecule has 0 saturated heterocycles. The second kappa shape index (κ2) is 9.16. The van der Waals surface area contributed by atoms with Gasteiger partial charge in [0.25, 0.3) is 0 Å². The van der Waals surface area contributed by atoms with Crippen LogP contribution in [-0.2, 0) is 17.2 Å². The van der Waals surface area contributed by atoms with Gasteiger partial charge in [-0.2, -0.15) is 0 Å². The predicted octanol–water partition coefficient (Wildman–Crippen LogP) is 5.71. The molecule has 34 heavy (non-hydrogen) atoms. The number of hydrogen-bond acceptors (Lipinski definition) is 4. The maximum atomic E-state index is 13.3. The van der Waals surface area contributed by atoms with Gasteiger partial charge < -0.3 is 14.5 Å². The van der Waals surface area contributed by atoms with Crippen LogP contribution >= 0.6 is 11.6 Å². The predicted molar refractivity (Wildman–Crippen MR) is 133 cm³/mol. The molecule has 174 valence electrons. The first-order valence-electron chi connectivity index (χ1n) is 10.8. The van der Waals surface area contributed by atoms with E-state index in [0.717, 1.165) is 38.4 Å². The summed E-state index contributed by atoms with van der Waals surface area (Å²) in [6.45, 7) is 0.475. The summed E-state index contributed by atoms with van der Waals surface area (Å²) in [6.07, 6.45) is 1.88. The number of methoxy groups -OCH3 is 1. The molecular formula is C26H23ClN2O4S. The Balaban J connectivity index is 1.58. The van der Waals surface area contributed by atoms with E-state index >= 15 is 0 Å². The highest BCUT2D eigenvalue weighted by molar-refractivity contribution is 7.84. The fourth-order valence-electron chi connectivity index (χ4n) is 4.44. The van der Waals surface area contributed by atoms with Gasteiger partial charge in [0.05, 0.1) is 7.11 Å². The van der Waals surface area contributed by atoms with Crippen LogP contribution in [0.3, 0.4) is 0 Å². The average Bonchev–Trinajstić information content (AvgIpc) is 3.23. The van der Waals surface area contributed by atoms with E-state index in [2.05, 4.69) is 4.98 Å². The minimum absolute atomic E-state index is 0.377. The van der Waals surface area contributed by atoms with E-state index in [1.807, 2.05) is 42.5 Å². The molecule has 0 radical (unpaired) electrons. The number of hydrogen-bond donors (Lipinski definition) is 1. The quantitative estimate of drug-likeness (QED) is 0.394. The summed E-state index contributed by atoms with van der Waals surface area (Å²) in [7, 11) is 0.543. The molecule has 5 rings (SSSR count). The van der Waals surface area contributed by atoms with Crippen LogP contribution in [0, 0.1) is 0 Å². The molecule has 0 saturated carbocycles.